The Bertz CT molecular complexity index is 791. The SMILES string of the molecule is CC(NC(=O)NCCSc1ccccc1)c1ccc(S(C)(=O)=O)cc1. The summed E-state index contributed by atoms with van der Waals surface area (Å²) < 4.78 is 22.9. The average molecular weight is 379 g/mol. The molecule has 2 amide bonds. The van der Waals surface area contributed by atoms with Crippen molar-refractivity contribution in [2.24, 2.45) is 0 Å². The van der Waals surface area contributed by atoms with E-state index < -0.39 is 9.84 Å². The minimum Gasteiger partial charge on any atom is -0.337 e. The third-order valence-electron chi connectivity index (χ3n) is 3.56. The van der Waals surface area contributed by atoms with E-state index >= 15 is 0 Å². The van der Waals surface area contributed by atoms with Gasteiger partial charge in [0.05, 0.1) is 10.9 Å². The first-order valence-corrected chi connectivity index (χ1v) is 10.8. The minimum atomic E-state index is -3.21. The number of carbonyl (C=O) groups excluding carboxylic acids is 1. The first kappa shape index (κ1) is 19.3. The van der Waals surface area contributed by atoms with Gasteiger partial charge in [-0.3, -0.25) is 0 Å². The van der Waals surface area contributed by atoms with Crippen molar-refractivity contribution in [3.8, 4) is 0 Å². The van der Waals surface area contributed by atoms with Crippen LogP contribution in [-0.4, -0.2) is 33.0 Å². The zero-order valence-electron chi connectivity index (χ0n) is 14.2. The molecule has 0 aliphatic carbocycles. The number of sulfone groups is 1. The molecule has 7 heteroatoms. The summed E-state index contributed by atoms with van der Waals surface area (Å²) in [5.41, 5.74) is 0.848. The zero-order valence-corrected chi connectivity index (χ0v) is 15.9. The van der Waals surface area contributed by atoms with Gasteiger partial charge in [0, 0.05) is 23.4 Å². The molecule has 2 aromatic rings. The topological polar surface area (TPSA) is 75.3 Å². The Labute approximate surface area is 153 Å². The number of rotatable bonds is 7. The predicted octanol–water partition coefficient (Wildman–Crippen LogP) is 3.24. The molecule has 5 nitrogen and oxygen atoms in total. The molecule has 0 saturated heterocycles. The van der Waals surface area contributed by atoms with Crippen molar-refractivity contribution in [1.29, 1.82) is 0 Å². The summed E-state index contributed by atoms with van der Waals surface area (Å²) in [5.74, 6) is 0.787. The number of nitrogens with one attached hydrogen (secondary N) is 2. The predicted molar refractivity (Wildman–Crippen MR) is 102 cm³/mol. The van der Waals surface area contributed by atoms with Gasteiger partial charge in [-0.25, -0.2) is 13.2 Å². The van der Waals surface area contributed by atoms with Gasteiger partial charge in [0.1, 0.15) is 0 Å². The van der Waals surface area contributed by atoms with Gasteiger partial charge in [0.2, 0.25) is 0 Å². The van der Waals surface area contributed by atoms with Crippen LogP contribution in [0.3, 0.4) is 0 Å². The van der Waals surface area contributed by atoms with E-state index in [-0.39, 0.29) is 17.0 Å². The van der Waals surface area contributed by atoms with Crippen molar-refractivity contribution in [3.05, 3.63) is 60.2 Å². The smallest absolute Gasteiger partial charge is 0.315 e. The van der Waals surface area contributed by atoms with Crippen LogP contribution in [0.1, 0.15) is 18.5 Å². The molecule has 0 aromatic heterocycles. The van der Waals surface area contributed by atoms with Gasteiger partial charge < -0.3 is 10.6 Å². The van der Waals surface area contributed by atoms with Gasteiger partial charge in [0.25, 0.3) is 0 Å². The maximum absolute atomic E-state index is 11.9. The van der Waals surface area contributed by atoms with Crippen LogP contribution in [0.5, 0.6) is 0 Å². The van der Waals surface area contributed by atoms with Crippen LogP contribution in [0.15, 0.2) is 64.4 Å². The first-order chi connectivity index (χ1) is 11.9. The summed E-state index contributed by atoms with van der Waals surface area (Å²) in [7, 11) is -3.21. The fraction of sp³-hybridized carbons (Fsp3) is 0.278. The van der Waals surface area contributed by atoms with Crippen LogP contribution in [0.25, 0.3) is 0 Å². The maximum Gasteiger partial charge on any atom is 0.315 e. The van der Waals surface area contributed by atoms with E-state index in [9.17, 15) is 13.2 Å². The van der Waals surface area contributed by atoms with Crippen molar-refractivity contribution in [3.63, 3.8) is 0 Å². The molecule has 0 fully saturated rings. The summed E-state index contributed by atoms with van der Waals surface area (Å²) in [5, 5.41) is 5.67. The Kier molecular flexibility index (Phi) is 6.90. The van der Waals surface area contributed by atoms with Crippen LogP contribution in [-0.2, 0) is 9.84 Å². The number of hydrogen-bond donors (Lipinski definition) is 2. The summed E-state index contributed by atoms with van der Waals surface area (Å²) in [6.07, 6.45) is 1.17. The normalized spacial score (nSPS) is 12.4. The van der Waals surface area contributed by atoms with Gasteiger partial charge in [-0.15, -0.1) is 11.8 Å². The van der Waals surface area contributed by atoms with Crippen LogP contribution in [0, 0.1) is 0 Å². The molecule has 0 radical (unpaired) electrons. The minimum absolute atomic E-state index is 0.213. The summed E-state index contributed by atoms with van der Waals surface area (Å²) in [6.45, 7) is 2.42. The quantitative estimate of drug-likeness (QED) is 0.573. The Balaban J connectivity index is 1.76. The Morgan fingerprint density at radius 2 is 1.72 bits per heavy atom. The second kappa shape index (κ2) is 8.92. The number of urea groups is 1. The molecular weight excluding hydrogens is 356 g/mol. The Morgan fingerprint density at radius 3 is 2.32 bits per heavy atom. The second-order valence-electron chi connectivity index (χ2n) is 5.62. The molecule has 0 saturated carbocycles. The first-order valence-electron chi connectivity index (χ1n) is 7.88. The lowest BCUT2D eigenvalue weighted by Crippen LogP contribution is -2.38. The molecule has 1 unspecified atom stereocenters. The van der Waals surface area contributed by atoms with E-state index in [4.69, 9.17) is 0 Å². The Morgan fingerprint density at radius 1 is 1.08 bits per heavy atom. The monoisotopic (exact) mass is 378 g/mol. The molecule has 0 spiro atoms. The van der Waals surface area contributed by atoms with Gasteiger partial charge in [-0.1, -0.05) is 30.3 Å². The number of thioether (sulfide) groups is 1. The number of amides is 2. The molecule has 134 valence electrons. The molecule has 0 bridgehead atoms. The molecule has 2 N–H and O–H groups in total. The van der Waals surface area contributed by atoms with Crippen LogP contribution in [0.4, 0.5) is 4.79 Å². The lowest BCUT2D eigenvalue weighted by Gasteiger charge is -2.15. The molecule has 2 aromatic carbocycles. The van der Waals surface area contributed by atoms with Crippen molar-refractivity contribution < 1.29 is 13.2 Å². The fourth-order valence-electron chi connectivity index (χ4n) is 2.18. The lowest BCUT2D eigenvalue weighted by atomic mass is 10.1. The van der Waals surface area contributed by atoms with Gasteiger partial charge >= 0.3 is 6.03 Å². The van der Waals surface area contributed by atoms with Gasteiger partial charge in [0.15, 0.2) is 9.84 Å². The van der Waals surface area contributed by atoms with E-state index in [0.717, 1.165) is 11.3 Å². The number of carbonyl (C=O) groups is 1. The summed E-state index contributed by atoms with van der Waals surface area (Å²) in [4.78, 5) is 13.4. The van der Waals surface area contributed by atoms with E-state index in [0.29, 0.717) is 6.54 Å². The van der Waals surface area contributed by atoms with Crippen molar-refractivity contribution in [2.45, 2.75) is 22.8 Å². The standard InChI is InChI=1S/C18H22N2O3S2/c1-14(15-8-10-17(11-9-15)25(2,22)23)20-18(21)19-12-13-24-16-6-4-3-5-7-16/h3-11,14H,12-13H2,1-2H3,(H2,19,20,21). The summed E-state index contributed by atoms with van der Waals surface area (Å²) in [6, 6.07) is 16.1. The summed E-state index contributed by atoms with van der Waals surface area (Å²) >= 11 is 1.68. The maximum atomic E-state index is 11.9. The van der Waals surface area contributed by atoms with E-state index in [2.05, 4.69) is 10.6 Å². The molecule has 2 rings (SSSR count). The molecule has 1 atom stereocenters. The van der Waals surface area contributed by atoms with Crippen molar-refractivity contribution in [1.82, 2.24) is 10.6 Å². The van der Waals surface area contributed by atoms with Crippen molar-refractivity contribution >= 4 is 27.6 Å². The number of hydrogen-bond acceptors (Lipinski definition) is 4. The molecule has 25 heavy (non-hydrogen) atoms. The highest BCUT2D eigenvalue weighted by Crippen LogP contribution is 2.17. The molecule has 0 aliphatic heterocycles. The van der Waals surface area contributed by atoms with Crippen LogP contribution in [0.2, 0.25) is 0 Å². The van der Waals surface area contributed by atoms with E-state index in [1.54, 1.807) is 36.0 Å². The number of benzene rings is 2. The van der Waals surface area contributed by atoms with E-state index in [1.807, 2.05) is 37.3 Å². The van der Waals surface area contributed by atoms with Gasteiger partial charge in [-0.05, 0) is 36.8 Å². The van der Waals surface area contributed by atoms with E-state index in [1.165, 1.54) is 11.2 Å². The highest BCUT2D eigenvalue weighted by atomic mass is 32.2. The van der Waals surface area contributed by atoms with Crippen LogP contribution < -0.4 is 10.6 Å². The largest absolute Gasteiger partial charge is 0.337 e. The van der Waals surface area contributed by atoms with Crippen molar-refractivity contribution in [2.75, 3.05) is 18.6 Å². The van der Waals surface area contributed by atoms with Gasteiger partial charge in [-0.2, -0.15) is 0 Å². The molecular formula is C18H22N2O3S2. The molecule has 0 heterocycles. The Hall–Kier alpha value is -1.99. The third kappa shape index (κ3) is 6.43. The highest BCUT2D eigenvalue weighted by molar-refractivity contribution is 7.99. The fourth-order valence-corrected chi connectivity index (χ4v) is 3.60. The second-order valence-corrected chi connectivity index (χ2v) is 8.81. The third-order valence-corrected chi connectivity index (χ3v) is 5.70. The molecule has 0 aliphatic rings. The van der Waals surface area contributed by atoms with Crippen LogP contribution >= 0.6 is 11.8 Å². The lowest BCUT2D eigenvalue weighted by molar-refractivity contribution is 0.238. The zero-order chi connectivity index (χ0) is 18.3. The average Bonchev–Trinajstić information content (AvgIpc) is 2.59. The highest BCUT2D eigenvalue weighted by Gasteiger charge is 2.11.